The molecule has 1 saturated heterocycles. The standard InChI is InChI=1S/C29H40N4O5/c1-18(2)17-38-29(36)26(20(4)34)30-14-21-9-10-25-24(13-21)31-27(22-12-19(3)28(35)32(5)15-22)33(25)16-23-8-6-7-11-37-23/h9-10,12-13,15,18,20,23,26,30,34H,6-8,11,14,16-17H2,1-5H3/t20-,23+,26+/m1/s1. The molecule has 0 saturated carbocycles. The first-order valence-electron chi connectivity index (χ1n) is 13.5. The van der Waals surface area contributed by atoms with E-state index in [4.69, 9.17) is 14.5 Å². The van der Waals surface area contributed by atoms with Crippen molar-refractivity contribution < 1.29 is 19.4 Å². The summed E-state index contributed by atoms with van der Waals surface area (Å²) in [5.41, 5.74) is 4.24. The summed E-state index contributed by atoms with van der Waals surface area (Å²) in [4.78, 5) is 29.8. The fourth-order valence-electron chi connectivity index (χ4n) is 4.86. The van der Waals surface area contributed by atoms with Crippen LogP contribution in [0.25, 0.3) is 22.4 Å². The van der Waals surface area contributed by atoms with Crippen molar-refractivity contribution in [1.29, 1.82) is 0 Å². The van der Waals surface area contributed by atoms with Gasteiger partial charge in [-0.25, -0.2) is 4.98 Å². The topological polar surface area (TPSA) is 108 Å². The van der Waals surface area contributed by atoms with Gasteiger partial charge < -0.3 is 23.7 Å². The molecular weight excluding hydrogens is 484 g/mol. The molecule has 1 aliphatic heterocycles. The Bertz CT molecular complexity index is 1290. The maximum atomic E-state index is 12.5. The van der Waals surface area contributed by atoms with Gasteiger partial charge in [0, 0.05) is 37.5 Å². The zero-order valence-electron chi connectivity index (χ0n) is 23.1. The average molecular weight is 525 g/mol. The van der Waals surface area contributed by atoms with Gasteiger partial charge in [0.1, 0.15) is 11.9 Å². The Labute approximate surface area is 223 Å². The van der Waals surface area contributed by atoms with Gasteiger partial charge in [0.25, 0.3) is 5.56 Å². The first-order valence-corrected chi connectivity index (χ1v) is 13.5. The maximum absolute atomic E-state index is 12.5. The van der Waals surface area contributed by atoms with Crippen molar-refractivity contribution >= 4 is 17.0 Å². The van der Waals surface area contributed by atoms with Crippen LogP contribution in [0.5, 0.6) is 0 Å². The predicted octanol–water partition coefficient (Wildman–Crippen LogP) is 3.32. The van der Waals surface area contributed by atoms with E-state index in [1.165, 1.54) is 0 Å². The summed E-state index contributed by atoms with van der Waals surface area (Å²) >= 11 is 0. The summed E-state index contributed by atoms with van der Waals surface area (Å²) in [5.74, 6) is 0.547. The van der Waals surface area contributed by atoms with Gasteiger partial charge >= 0.3 is 5.97 Å². The summed E-state index contributed by atoms with van der Waals surface area (Å²) in [6.45, 7) is 9.46. The van der Waals surface area contributed by atoms with Crippen molar-refractivity contribution in [2.75, 3.05) is 13.2 Å². The number of hydrogen-bond donors (Lipinski definition) is 2. The third-order valence-corrected chi connectivity index (χ3v) is 6.91. The van der Waals surface area contributed by atoms with Crippen LogP contribution in [0.1, 0.15) is 51.2 Å². The van der Waals surface area contributed by atoms with E-state index in [1.54, 1.807) is 18.5 Å². The molecule has 1 aromatic carbocycles. The molecule has 0 spiro atoms. The highest BCUT2D eigenvalue weighted by Crippen LogP contribution is 2.28. The molecule has 0 amide bonds. The molecule has 206 valence electrons. The third-order valence-electron chi connectivity index (χ3n) is 6.91. The smallest absolute Gasteiger partial charge is 0.325 e. The predicted molar refractivity (Wildman–Crippen MR) is 147 cm³/mol. The summed E-state index contributed by atoms with van der Waals surface area (Å²) in [7, 11) is 1.75. The number of nitrogens with zero attached hydrogens (tertiary/aromatic N) is 3. The molecule has 1 aliphatic rings. The Morgan fingerprint density at radius 2 is 2.05 bits per heavy atom. The monoisotopic (exact) mass is 524 g/mol. The summed E-state index contributed by atoms with van der Waals surface area (Å²) in [6.07, 6.45) is 4.27. The number of nitrogens with one attached hydrogen (secondary N) is 1. The van der Waals surface area contributed by atoms with Gasteiger partial charge in [-0.15, -0.1) is 0 Å². The SMILES string of the molecule is Cc1cc(-c2nc3cc(CN[C@H](C(=O)OCC(C)C)[C@@H](C)O)ccc3n2C[C@@H]2CCCCO2)cn(C)c1=O. The summed E-state index contributed by atoms with van der Waals surface area (Å²) in [6, 6.07) is 7.10. The number of carbonyl (C=O) groups excluding carboxylic acids is 1. The van der Waals surface area contributed by atoms with Gasteiger partial charge in [-0.2, -0.15) is 0 Å². The number of pyridine rings is 1. The van der Waals surface area contributed by atoms with E-state index >= 15 is 0 Å². The maximum Gasteiger partial charge on any atom is 0.325 e. The Morgan fingerprint density at radius 3 is 2.71 bits per heavy atom. The van der Waals surface area contributed by atoms with E-state index in [-0.39, 0.29) is 17.6 Å². The molecule has 2 aromatic heterocycles. The van der Waals surface area contributed by atoms with Crippen molar-refractivity contribution in [3.05, 3.63) is 51.9 Å². The van der Waals surface area contributed by atoms with Crippen LogP contribution in [-0.2, 0) is 34.4 Å². The van der Waals surface area contributed by atoms with Gasteiger partial charge in [-0.05, 0) is 62.8 Å². The largest absolute Gasteiger partial charge is 0.464 e. The van der Waals surface area contributed by atoms with E-state index in [0.29, 0.717) is 25.3 Å². The number of aromatic nitrogens is 3. The molecule has 0 bridgehead atoms. The van der Waals surface area contributed by atoms with E-state index in [0.717, 1.165) is 53.9 Å². The highest BCUT2D eigenvalue weighted by molar-refractivity contribution is 5.81. The molecule has 9 heteroatoms. The van der Waals surface area contributed by atoms with Crippen LogP contribution in [0.2, 0.25) is 0 Å². The van der Waals surface area contributed by atoms with Crippen molar-refractivity contribution in [3.8, 4) is 11.4 Å². The van der Waals surface area contributed by atoms with Crippen molar-refractivity contribution in [2.45, 2.75) is 78.3 Å². The molecule has 0 radical (unpaired) electrons. The number of imidazole rings is 1. The van der Waals surface area contributed by atoms with Crippen LogP contribution in [0.3, 0.4) is 0 Å². The third kappa shape index (κ3) is 6.51. The van der Waals surface area contributed by atoms with E-state index in [1.807, 2.05) is 51.2 Å². The number of esters is 1. The molecular formula is C29H40N4O5. The lowest BCUT2D eigenvalue weighted by molar-refractivity contribution is -0.150. The first-order chi connectivity index (χ1) is 18.1. The Kier molecular flexibility index (Phi) is 9.02. The van der Waals surface area contributed by atoms with Gasteiger partial charge in [-0.1, -0.05) is 19.9 Å². The second-order valence-corrected chi connectivity index (χ2v) is 10.8. The molecule has 4 rings (SSSR count). The van der Waals surface area contributed by atoms with Gasteiger partial charge in [0.05, 0.1) is 36.4 Å². The fraction of sp³-hybridized carbons (Fsp3) is 0.552. The quantitative estimate of drug-likeness (QED) is 0.392. The normalized spacial score (nSPS) is 17.6. The number of aryl methyl sites for hydroxylation is 2. The second kappa shape index (κ2) is 12.2. The minimum atomic E-state index is -0.896. The number of fused-ring (bicyclic) bond motifs is 1. The Hall–Kier alpha value is -3.01. The van der Waals surface area contributed by atoms with E-state index in [2.05, 4.69) is 9.88 Å². The highest BCUT2D eigenvalue weighted by Gasteiger charge is 2.25. The molecule has 1 fully saturated rings. The minimum Gasteiger partial charge on any atom is -0.464 e. The minimum absolute atomic E-state index is 0.0278. The van der Waals surface area contributed by atoms with Crippen molar-refractivity contribution in [1.82, 2.24) is 19.4 Å². The highest BCUT2D eigenvalue weighted by atomic mass is 16.5. The van der Waals surface area contributed by atoms with Crippen LogP contribution >= 0.6 is 0 Å². The first kappa shape index (κ1) is 28.0. The molecule has 9 nitrogen and oxygen atoms in total. The van der Waals surface area contributed by atoms with Gasteiger partial charge in [0.2, 0.25) is 0 Å². The molecule has 2 N–H and O–H groups in total. The van der Waals surface area contributed by atoms with Gasteiger partial charge in [-0.3, -0.25) is 14.9 Å². The lowest BCUT2D eigenvalue weighted by atomic mass is 10.1. The lowest BCUT2D eigenvalue weighted by Crippen LogP contribution is -2.45. The molecule has 3 atom stereocenters. The molecule has 3 aromatic rings. The Morgan fingerprint density at radius 1 is 1.26 bits per heavy atom. The number of aliphatic hydroxyl groups is 1. The van der Waals surface area contributed by atoms with Gasteiger partial charge in [0.15, 0.2) is 0 Å². The van der Waals surface area contributed by atoms with Crippen molar-refractivity contribution in [3.63, 3.8) is 0 Å². The number of benzene rings is 1. The summed E-state index contributed by atoms with van der Waals surface area (Å²) < 4.78 is 15.2. The second-order valence-electron chi connectivity index (χ2n) is 10.8. The fourth-order valence-corrected chi connectivity index (χ4v) is 4.86. The van der Waals surface area contributed by atoms with Crippen LogP contribution in [-0.4, -0.2) is 56.7 Å². The molecule has 0 aliphatic carbocycles. The molecule has 3 heterocycles. The number of carbonyl (C=O) groups is 1. The molecule has 0 unspecified atom stereocenters. The van der Waals surface area contributed by atoms with Crippen LogP contribution in [0.4, 0.5) is 0 Å². The van der Waals surface area contributed by atoms with Crippen LogP contribution in [0.15, 0.2) is 35.3 Å². The van der Waals surface area contributed by atoms with E-state index in [9.17, 15) is 14.7 Å². The zero-order chi connectivity index (χ0) is 27.4. The van der Waals surface area contributed by atoms with E-state index < -0.39 is 18.1 Å². The number of aliphatic hydroxyl groups excluding tert-OH is 1. The number of hydrogen-bond acceptors (Lipinski definition) is 7. The Balaban J connectivity index is 1.64. The number of ether oxygens (including phenoxy) is 2. The lowest BCUT2D eigenvalue weighted by Gasteiger charge is -2.24. The van der Waals surface area contributed by atoms with Crippen LogP contribution < -0.4 is 10.9 Å². The summed E-state index contributed by atoms with van der Waals surface area (Å²) in [5, 5.41) is 13.3. The zero-order valence-corrected chi connectivity index (χ0v) is 23.1. The van der Waals surface area contributed by atoms with Crippen LogP contribution in [0, 0.1) is 12.8 Å². The molecule has 38 heavy (non-hydrogen) atoms. The number of rotatable bonds is 10. The van der Waals surface area contributed by atoms with Crippen molar-refractivity contribution in [2.24, 2.45) is 13.0 Å². The average Bonchev–Trinajstić information content (AvgIpc) is 3.23.